The van der Waals surface area contributed by atoms with E-state index >= 15 is 0 Å². The Balaban J connectivity index is 2.55. The average molecular weight is 335 g/mol. The van der Waals surface area contributed by atoms with Crippen molar-refractivity contribution < 1.29 is 14.3 Å². The number of nitrogens with one attached hydrogen (secondary N) is 2. The molecule has 0 spiro atoms. The third-order valence-corrected chi connectivity index (χ3v) is 3.46. The lowest BCUT2D eigenvalue weighted by Gasteiger charge is -2.21. The van der Waals surface area contributed by atoms with E-state index in [1.807, 2.05) is 4.90 Å². The van der Waals surface area contributed by atoms with Crippen LogP contribution in [0.4, 0.5) is 5.69 Å². The largest absolute Gasteiger partial charge is 0.383 e. The highest BCUT2D eigenvalue weighted by Crippen LogP contribution is 2.12. The molecular formula is C18H29N3O3. The van der Waals surface area contributed by atoms with E-state index in [0.29, 0.717) is 24.4 Å². The van der Waals surface area contributed by atoms with Crippen molar-refractivity contribution in [3.8, 4) is 0 Å². The van der Waals surface area contributed by atoms with Crippen LogP contribution in [0.15, 0.2) is 24.3 Å². The Hall–Kier alpha value is -1.92. The summed E-state index contributed by atoms with van der Waals surface area (Å²) in [5, 5.41) is 5.78. The van der Waals surface area contributed by atoms with Crippen LogP contribution in [0.1, 0.15) is 37.0 Å². The number of anilines is 1. The minimum absolute atomic E-state index is 0.0396. The van der Waals surface area contributed by atoms with Gasteiger partial charge in [0.25, 0.3) is 5.91 Å². The number of methoxy groups -OCH3 is 1. The molecule has 6 nitrogen and oxygen atoms in total. The summed E-state index contributed by atoms with van der Waals surface area (Å²) in [7, 11) is 1.62. The molecule has 1 aromatic rings. The highest BCUT2D eigenvalue weighted by molar-refractivity contribution is 5.96. The molecule has 0 atom stereocenters. The SMILES string of the molecule is CCCN(CCC)C(=O)c1ccc(NC(=O)CNCCOC)cc1. The number of ether oxygens (including phenoxy) is 1. The van der Waals surface area contributed by atoms with Crippen molar-refractivity contribution >= 4 is 17.5 Å². The van der Waals surface area contributed by atoms with Gasteiger partial charge < -0.3 is 20.3 Å². The van der Waals surface area contributed by atoms with Crippen LogP contribution in [0.25, 0.3) is 0 Å². The van der Waals surface area contributed by atoms with Crippen LogP contribution < -0.4 is 10.6 Å². The second-order valence-corrected chi connectivity index (χ2v) is 5.59. The first-order valence-electron chi connectivity index (χ1n) is 8.51. The zero-order valence-corrected chi connectivity index (χ0v) is 14.9. The van der Waals surface area contributed by atoms with Crippen molar-refractivity contribution in [2.45, 2.75) is 26.7 Å². The van der Waals surface area contributed by atoms with Crippen molar-refractivity contribution in [3.63, 3.8) is 0 Å². The van der Waals surface area contributed by atoms with E-state index in [2.05, 4.69) is 24.5 Å². The van der Waals surface area contributed by atoms with Gasteiger partial charge in [0.2, 0.25) is 5.91 Å². The Labute approximate surface area is 144 Å². The topological polar surface area (TPSA) is 70.7 Å². The lowest BCUT2D eigenvalue weighted by atomic mass is 10.1. The fourth-order valence-corrected chi connectivity index (χ4v) is 2.31. The van der Waals surface area contributed by atoms with Gasteiger partial charge in [-0.15, -0.1) is 0 Å². The second kappa shape index (κ2) is 11.6. The van der Waals surface area contributed by atoms with Gasteiger partial charge in [0.05, 0.1) is 13.2 Å². The molecule has 1 rings (SSSR count). The maximum absolute atomic E-state index is 12.5. The molecule has 0 unspecified atom stereocenters. The molecule has 2 N–H and O–H groups in total. The maximum Gasteiger partial charge on any atom is 0.253 e. The molecule has 0 aromatic heterocycles. The zero-order valence-electron chi connectivity index (χ0n) is 14.9. The molecule has 0 fully saturated rings. The summed E-state index contributed by atoms with van der Waals surface area (Å²) in [6, 6.07) is 7.04. The van der Waals surface area contributed by atoms with Gasteiger partial charge in [-0.1, -0.05) is 13.8 Å². The van der Waals surface area contributed by atoms with E-state index in [-0.39, 0.29) is 18.4 Å². The Morgan fingerprint density at radius 1 is 1.08 bits per heavy atom. The lowest BCUT2D eigenvalue weighted by Crippen LogP contribution is -2.32. The smallest absolute Gasteiger partial charge is 0.253 e. The van der Waals surface area contributed by atoms with E-state index in [9.17, 15) is 9.59 Å². The van der Waals surface area contributed by atoms with Crippen molar-refractivity contribution in [1.29, 1.82) is 0 Å². The Bertz CT molecular complexity index is 497. The maximum atomic E-state index is 12.5. The first kappa shape index (κ1) is 20.1. The summed E-state index contributed by atoms with van der Waals surface area (Å²) in [6.45, 7) is 7.07. The first-order valence-corrected chi connectivity index (χ1v) is 8.51. The number of hydrogen-bond donors (Lipinski definition) is 2. The van der Waals surface area contributed by atoms with E-state index in [4.69, 9.17) is 4.74 Å². The summed E-state index contributed by atoms with van der Waals surface area (Å²) < 4.78 is 4.90. The molecule has 0 saturated heterocycles. The standard InChI is InChI=1S/C18H29N3O3/c1-4-11-21(12-5-2)18(23)15-6-8-16(9-7-15)20-17(22)14-19-10-13-24-3/h6-9,19H,4-5,10-14H2,1-3H3,(H,20,22). The zero-order chi connectivity index (χ0) is 17.8. The molecular weight excluding hydrogens is 306 g/mol. The van der Waals surface area contributed by atoms with Crippen LogP contribution >= 0.6 is 0 Å². The fourth-order valence-electron chi connectivity index (χ4n) is 2.31. The van der Waals surface area contributed by atoms with Crippen LogP contribution in [0.2, 0.25) is 0 Å². The molecule has 6 heteroatoms. The van der Waals surface area contributed by atoms with Gasteiger partial charge in [-0.05, 0) is 37.1 Å². The monoisotopic (exact) mass is 335 g/mol. The Morgan fingerprint density at radius 3 is 2.25 bits per heavy atom. The molecule has 0 aliphatic carbocycles. The van der Waals surface area contributed by atoms with Gasteiger partial charge >= 0.3 is 0 Å². The summed E-state index contributed by atoms with van der Waals surface area (Å²) in [6.07, 6.45) is 1.88. The van der Waals surface area contributed by atoms with E-state index in [0.717, 1.165) is 25.9 Å². The average Bonchev–Trinajstić information content (AvgIpc) is 2.58. The molecule has 0 saturated carbocycles. The summed E-state index contributed by atoms with van der Waals surface area (Å²) in [5.74, 6) is -0.0819. The number of amides is 2. The van der Waals surface area contributed by atoms with Gasteiger partial charge in [0, 0.05) is 38.0 Å². The van der Waals surface area contributed by atoms with Crippen LogP contribution in [-0.4, -0.2) is 56.6 Å². The van der Waals surface area contributed by atoms with E-state index in [1.54, 1.807) is 31.4 Å². The Morgan fingerprint density at radius 2 is 1.71 bits per heavy atom. The van der Waals surface area contributed by atoms with Crippen LogP contribution in [0, 0.1) is 0 Å². The highest BCUT2D eigenvalue weighted by Gasteiger charge is 2.14. The normalized spacial score (nSPS) is 10.5. The predicted molar refractivity (Wildman–Crippen MR) is 96.3 cm³/mol. The van der Waals surface area contributed by atoms with Crippen LogP contribution in [0.3, 0.4) is 0 Å². The number of carbonyl (C=O) groups is 2. The van der Waals surface area contributed by atoms with E-state index in [1.165, 1.54) is 0 Å². The van der Waals surface area contributed by atoms with Crippen molar-refractivity contribution in [2.75, 3.05) is 45.2 Å². The summed E-state index contributed by atoms with van der Waals surface area (Å²) in [5.41, 5.74) is 1.33. The van der Waals surface area contributed by atoms with E-state index < -0.39 is 0 Å². The molecule has 0 radical (unpaired) electrons. The van der Waals surface area contributed by atoms with Crippen LogP contribution in [0.5, 0.6) is 0 Å². The molecule has 2 amide bonds. The van der Waals surface area contributed by atoms with Crippen molar-refractivity contribution in [1.82, 2.24) is 10.2 Å². The summed E-state index contributed by atoms with van der Waals surface area (Å²) in [4.78, 5) is 26.1. The van der Waals surface area contributed by atoms with Gasteiger partial charge in [0.15, 0.2) is 0 Å². The predicted octanol–water partition coefficient (Wildman–Crippen LogP) is 2.12. The molecule has 1 aromatic carbocycles. The number of carbonyl (C=O) groups excluding carboxylic acids is 2. The Kier molecular flexibility index (Phi) is 9.72. The minimum atomic E-state index is -0.122. The van der Waals surface area contributed by atoms with Crippen LogP contribution in [-0.2, 0) is 9.53 Å². The minimum Gasteiger partial charge on any atom is -0.383 e. The number of rotatable bonds is 11. The van der Waals surface area contributed by atoms with Crippen molar-refractivity contribution in [3.05, 3.63) is 29.8 Å². The first-order chi connectivity index (χ1) is 11.6. The fraction of sp³-hybridized carbons (Fsp3) is 0.556. The third kappa shape index (κ3) is 7.10. The summed E-state index contributed by atoms with van der Waals surface area (Å²) >= 11 is 0. The second-order valence-electron chi connectivity index (χ2n) is 5.59. The number of hydrogen-bond acceptors (Lipinski definition) is 4. The molecule has 0 heterocycles. The number of benzene rings is 1. The van der Waals surface area contributed by atoms with Crippen molar-refractivity contribution in [2.24, 2.45) is 0 Å². The lowest BCUT2D eigenvalue weighted by molar-refractivity contribution is -0.115. The molecule has 0 aliphatic rings. The highest BCUT2D eigenvalue weighted by atomic mass is 16.5. The number of nitrogens with zero attached hydrogens (tertiary/aromatic N) is 1. The molecule has 0 aliphatic heterocycles. The quantitative estimate of drug-likeness (QED) is 0.608. The van der Waals surface area contributed by atoms with Gasteiger partial charge in [-0.2, -0.15) is 0 Å². The third-order valence-electron chi connectivity index (χ3n) is 3.46. The van der Waals surface area contributed by atoms with Gasteiger partial charge in [-0.25, -0.2) is 0 Å². The van der Waals surface area contributed by atoms with Gasteiger partial charge in [-0.3, -0.25) is 9.59 Å². The molecule has 134 valence electrons. The molecule has 24 heavy (non-hydrogen) atoms. The van der Waals surface area contributed by atoms with Gasteiger partial charge in [0.1, 0.15) is 0 Å². The molecule has 0 bridgehead atoms.